The highest BCUT2D eigenvalue weighted by molar-refractivity contribution is 7.80. The molecule has 3 N–H and O–H groups in total. The van der Waals surface area contributed by atoms with Gasteiger partial charge >= 0.3 is 0 Å². The topological polar surface area (TPSA) is 96.3 Å². The lowest BCUT2D eigenvalue weighted by molar-refractivity contribution is -0.385. The van der Waals surface area contributed by atoms with Gasteiger partial charge in [-0.05, 0) is 37.7 Å². The van der Waals surface area contributed by atoms with Gasteiger partial charge in [-0.15, -0.1) is 0 Å². The summed E-state index contributed by atoms with van der Waals surface area (Å²) in [6.45, 7) is 3.47. The summed E-state index contributed by atoms with van der Waals surface area (Å²) in [5.41, 5.74) is 6.50. The highest BCUT2D eigenvalue weighted by Crippen LogP contribution is 2.20. The van der Waals surface area contributed by atoms with Gasteiger partial charge in [-0.2, -0.15) is 0 Å². The van der Waals surface area contributed by atoms with E-state index in [2.05, 4.69) is 16.2 Å². The Hall–Kier alpha value is -3.00. The molecule has 0 aliphatic rings. The van der Waals surface area contributed by atoms with E-state index in [1.54, 1.807) is 0 Å². The van der Waals surface area contributed by atoms with Crippen molar-refractivity contribution < 1.29 is 9.72 Å². The van der Waals surface area contributed by atoms with Crippen LogP contribution < -0.4 is 16.2 Å². The Kier molecular flexibility index (Phi) is 6.02. The van der Waals surface area contributed by atoms with Crippen LogP contribution in [-0.2, 0) is 0 Å². The molecule has 0 fully saturated rings. The summed E-state index contributed by atoms with van der Waals surface area (Å²) in [7, 11) is 0. The van der Waals surface area contributed by atoms with Crippen molar-refractivity contribution in [3.63, 3.8) is 0 Å². The minimum Gasteiger partial charge on any atom is -0.355 e. The first-order valence-corrected chi connectivity index (χ1v) is 7.96. The Balaban J connectivity index is 1.95. The average molecular weight is 358 g/mol. The smallest absolute Gasteiger partial charge is 0.273 e. The van der Waals surface area contributed by atoms with Crippen LogP contribution in [0.3, 0.4) is 0 Å². The molecule has 2 aromatic carbocycles. The predicted octanol–water partition coefficient (Wildman–Crippen LogP) is 2.77. The number of nitro groups is 1. The summed E-state index contributed by atoms with van der Waals surface area (Å²) in [4.78, 5) is 22.6. The number of hydrogen-bond donors (Lipinski definition) is 3. The molecule has 0 saturated carbocycles. The average Bonchev–Trinajstić information content (AvgIpc) is 2.60. The first-order chi connectivity index (χ1) is 11.9. The Morgan fingerprint density at radius 2 is 1.80 bits per heavy atom. The molecule has 0 aromatic heterocycles. The van der Waals surface area contributed by atoms with Gasteiger partial charge in [0.1, 0.15) is 0 Å². The van der Waals surface area contributed by atoms with Crippen molar-refractivity contribution in [3.05, 3.63) is 75.3 Å². The highest BCUT2D eigenvalue weighted by Gasteiger charge is 2.18. The maximum atomic E-state index is 12.2. The zero-order valence-corrected chi connectivity index (χ0v) is 14.6. The van der Waals surface area contributed by atoms with E-state index >= 15 is 0 Å². The quantitative estimate of drug-likeness (QED) is 0.442. The number of nitro benzene ring substituents is 1. The molecule has 25 heavy (non-hydrogen) atoms. The van der Waals surface area contributed by atoms with Crippen LogP contribution in [-0.4, -0.2) is 15.9 Å². The van der Waals surface area contributed by atoms with E-state index < -0.39 is 10.8 Å². The lowest BCUT2D eigenvalue weighted by Crippen LogP contribution is -2.47. The van der Waals surface area contributed by atoms with Gasteiger partial charge in [0, 0.05) is 11.6 Å². The second-order valence-electron chi connectivity index (χ2n) is 5.39. The summed E-state index contributed by atoms with van der Waals surface area (Å²) in [6, 6.07) is 14.0. The molecule has 0 radical (unpaired) electrons. The number of hydrogen-bond acceptors (Lipinski definition) is 4. The first kappa shape index (κ1) is 18.3. The third-order valence-corrected chi connectivity index (χ3v) is 3.90. The van der Waals surface area contributed by atoms with E-state index in [0.29, 0.717) is 5.56 Å². The second-order valence-corrected chi connectivity index (χ2v) is 5.80. The lowest BCUT2D eigenvalue weighted by atomic mass is 10.1. The number of nitrogens with zero attached hydrogens (tertiary/aromatic N) is 1. The van der Waals surface area contributed by atoms with Crippen LogP contribution in [0.15, 0.2) is 48.5 Å². The maximum absolute atomic E-state index is 12.2. The van der Waals surface area contributed by atoms with Crippen molar-refractivity contribution in [2.75, 3.05) is 0 Å². The van der Waals surface area contributed by atoms with Crippen LogP contribution >= 0.6 is 12.2 Å². The summed E-state index contributed by atoms with van der Waals surface area (Å²) in [5.74, 6) is -0.502. The van der Waals surface area contributed by atoms with Crippen molar-refractivity contribution in [2.45, 2.75) is 19.9 Å². The zero-order chi connectivity index (χ0) is 18.4. The summed E-state index contributed by atoms with van der Waals surface area (Å²) >= 11 is 5.15. The fourth-order valence-corrected chi connectivity index (χ4v) is 2.53. The maximum Gasteiger partial charge on any atom is 0.273 e. The standard InChI is InChI=1S/C17H18N4O3S/c1-11-14(9-6-10-15(11)21(23)24)16(22)19-20-17(25)18-12(2)13-7-4-3-5-8-13/h3-10,12H,1-2H3,(H,19,22)(H2,18,20,25)/t12-/m0/s1. The Morgan fingerprint density at radius 1 is 1.12 bits per heavy atom. The fraction of sp³-hybridized carbons (Fsp3) is 0.176. The van der Waals surface area contributed by atoms with Gasteiger partial charge in [0.15, 0.2) is 5.11 Å². The zero-order valence-electron chi connectivity index (χ0n) is 13.8. The minimum absolute atomic E-state index is 0.0438. The van der Waals surface area contributed by atoms with Crippen molar-refractivity contribution >= 4 is 28.9 Å². The molecule has 1 amide bonds. The third-order valence-electron chi connectivity index (χ3n) is 3.68. The molecule has 0 unspecified atom stereocenters. The van der Waals surface area contributed by atoms with Crippen LogP contribution in [0.2, 0.25) is 0 Å². The molecule has 0 saturated heterocycles. The normalized spacial score (nSPS) is 11.3. The van der Waals surface area contributed by atoms with Crippen LogP contribution in [0.1, 0.15) is 34.5 Å². The monoisotopic (exact) mass is 358 g/mol. The molecule has 0 heterocycles. The van der Waals surface area contributed by atoms with Crippen LogP contribution in [0.4, 0.5) is 5.69 Å². The summed E-state index contributed by atoms with van der Waals surface area (Å²) < 4.78 is 0. The Labute approximate surface area is 150 Å². The first-order valence-electron chi connectivity index (χ1n) is 7.56. The van der Waals surface area contributed by atoms with Gasteiger partial charge in [0.2, 0.25) is 0 Å². The molecular weight excluding hydrogens is 340 g/mol. The molecule has 130 valence electrons. The number of amides is 1. The van der Waals surface area contributed by atoms with Gasteiger partial charge in [-0.25, -0.2) is 0 Å². The molecule has 0 aliphatic heterocycles. The van der Waals surface area contributed by atoms with Crippen LogP contribution in [0.25, 0.3) is 0 Å². The van der Waals surface area contributed by atoms with Gasteiger partial charge in [-0.3, -0.25) is 25.8 Å². The molecular formula is C17H18N4O3S. The SMILES string of the molecule is Cc1c(C(=O)NNC(=S)N[C@@H](C)c2ccccc2)cccc1[N+](=O)[O-]. The van der Waals surface area contributed by atoms with Crippen LogP contribution in [0, 0.1) is 17.0 Å². The van der Waals surface area contributed by atoms with Gasteiger partial charge in [0.25, 0.3) is 11.6 Å². The number of thiocarbonyl (C=S) groups is 1. The predicted molar refractivity (Wildman–Crippen MR) is 99.0 cm³/mol. The van der Waals surface area contributed by atoms with Crippen LogP contribution in [0.5, 0.6) is 0 Å². The summed E-state index contributed by atoms with van der Waals surface area (Å²) in [5, 5.41) is 14.2. The summed E-state index contributed by atoms with van der Waals surface area (Å²) in [6.07, 6.45) is 0. The van der Waals surface area contributed by atoms with Gasteiger partial charge in [0.05, 0.1) is 16.5 Å². The largest absolute Gasteiger partial charge is 0.355 e. The van der Waals surface area contributed by atoms with E-state index in [-0.39, 0.29) is 22.4 Å². The van der Waals surface area contributed by atoms with E-state index in [9.17, 15) is 14.9 Å². The van der Waals surface area contributed by atoms with Crippen molar-refractivity contribution in [2.24, 2.45) is 0 Å². The van der Waals surface area contributed by atoms with E-state index in [1.807, 2.05) is 37.3 Å². The van der Waals surface area contributed by atoms with Crippen molar-refractivity contribution in [3.8, 4) is 0 Å². The van der Waals surface area contributed by atoms with Gasteiger partial charge in [-0.1, -0.05) is 36.4 Å². The molecule has 8 heteroatoms. The molecule has 0 bridgehead atoms. The Bertz CT molecular complexity index is 796. The number of rotatable bonds is 4. The van der Waals surface area contributed by atoms with Crippen molar-refractivity contribution in [1.82, 2.24) is 16.2 Å². The van der Waals surface area contributed by atoms with E-state index in [1.165, 1.54) is 25.1 Å². The third kappa shape index (κ3) is 4.74. The number of hydrazine groups is 1. The second kappa shape index (κ2) is 8.20. The molecule has 7 nitrogen and oxygen atoms in total. The number of benzene rings is 2. The molecule has 2 rings (SSSR count). The van der Waals surface area contributed by atoms with Gasteiger partial charge < -0.3 is 5.32 Å². The van der Waals surface area contributed by atoms with E-state index in [4.69, 9.17) is 12.2 Å². The van der Waals surface area contributed by atoms with E-state index in [0.717, 1.165) is 5.56 Å². The fourth-order valence-electron chi connectivity index (χ4n) is 2.31. The molecule has 0 spiro atoms. The number of carbonyl (C=O) groups excluding carboxylic acids is 1. The molecule has 1 atom stereocenters. The number of carbonyl (C=O) groups is 1. The highest BCUT2D eigenvalue weighted by atomic mass is 32.1. The lowest BCUT2D eigenvalue weighted by Gasteiger charge is -2.18. The Morgan fingerprint density at radius 3 is 2.44 bits per heavy atom. The molecule has 0 aliphatic carbocycles. The van der Waals surface area contributed by atoms with Crippen molar-refractivity contribution in [1.29, 1.82) is 0 Å². The minimum atomic E-state index is -0.521. The molecule has 2 aromatic rings. The number of nitrogens with one attached hydrogen (secondary N) is 3.